The summed E-state index contributed by atoms with van der Waals surface area (Å²) in [6.07, 6.45) is -1.18. The molecule has 2 atom stereocenters. The van der Waals surface area contributed by atoms with Gasteiger partial charge in [0.1, 0.15) is 11.6 Å². The maximum absolute atomic E-state index is 12.8. The van der Waals surface area contributed by atoms with Crippen molar-refractivity contribution in [3.05, 3.63) is 52.2 Å². The Morgan fingerprint density at radius 2 is 1.85 bits per heavy atom. The van der Waals surface area contributed by atoms with E-state index in [1.54, 1.807) is 17.5 Å². The van der Waals surface area contributed by atoms with Crippen molar-refractivity contribution in [2.75, 3.05) is 4.90 Å². The molecule has 2 aliphatic rings. The van der Waals surface area contributed by atoms with Crippen molar-refractivity contribution >= 4 is 46.3 Å². The van der Waals surface area contributed by atoms with E-state index in [4.69, 9.17) is 9.94 Å². The number of imide groups is 1. The van der Waals surface area contributed by atoms with Crippen molar-refractivity contribution in [1.29, 1.82) is 0 Å². The lowest BCUT2D eigenvalue weighted by Gasteiger charge is -2.15. The highest BCUT2D eigenvalue weighted by atomic mass is 32.1. The third kappa shape index (κ3) is 2.32. The molecule has 1 saturated heterocycles. The van der Waals surface area contributed by atoms with Crippen LogP contribution < -0.4 is 4.90 Å². The zero-order valence-corrected chi connectivity index (χ0v) is 13.8. The van der Waals surface area contributed by atoms with Gasteiger partial charge in [-0.3, -0.25) is 14.4 Å². The Balaban J connectivity index is 1.64. The number of Topliss-reactive ketones (excluding diaryl/α,β-unsaturated/α-hetero) is 1. The number of carbonyl (C=O) groups is 4. The highest BCUT2D eigenvalue weighted by Gasteiger charge is 2.57. The number of rotatable bonds is 4. The second-order valence-electron chi connectivity index (χ2n) is 5.65. The van der Waals surface area contributed by atoms with Crippen LogP contribution in [0.1, 0.15) is 20.0 Å². The predicted molar refractivity (Wildman–Crippen MR) is 90.3 cm³/mol. The van der Waals surface area contributed by atoms with E-state index in [-0.39, 0.29) is 17.0 Å². The minimum absolute atomic E-state index is 0.0272. The lowest BCUT2D eigenvalue weighted by Crippen LogP contribution is -2.34. The van der Waals surface area contributed by atoms with Crippen molar-refractivity contribution in [2.24, 2.45) is 11.1 Å². The van der Waals surface area contributed by atoms with Crippen LogP contribution in [-0.4, -0.2) is 40.5 Å². The summed E-state index contributed by atoms with van der Waals surface area (Å²) < 4.78 is 0. The van der Waals surface area contributed by atoms with Gasteiger partial charge in [-0.15, -0.1) is 11.3 Å². The van der Waals surface area contributed by atoms with E-state index in [1.165, 1.54) is 35.6 Å². The molecule has 1 fully saturated rings. The average Bonchev–Trinajstić information content (AvgIpc) is 3.35. The summed E-state index contributed by atoms with van der Waals surface area (Å²) in [4.78, 5) is 55.2. The van der Waals surface area contributed by atoms with Crippen LogP contribution >= 0.6 is 11.3 Å². The average molecular weight is 370 g/mol. The number of carbonyl (C=O) groups excluding carboxylic acids is 3. The smallest absolute Gasteiger partial charge is 0.335 e. The number of carboxylic acids is 1. The fourth-order valence-corrected chi connectivity index (χ4v) is 3.58. The Morgan fingerprint density at radius 1 is 1.12 bits per heavy atom. The Hall–Kier alpha value is -3.33. The molecule has 0 saturated carbocycles. The number of thiophene rings is 1. The first kappa shape index (κ1) is 16.2. The summed E-state index contributed by atoms with van der Waals surface area (Å²) in [6, 6.07) is 8.60. The third-order valence-electron chi connectivity index (χ3n) is 4.16. The first-order valence-corrected chi connectivity index (χ1v) is 8.40. The van der Waals surface area contributed by atoms with Gasteiger partial charge in [-0.05, 0) is 35.7 Å². The minimum Gasteiger partial charge on any atom is -0.478 e. The largest absolute Gasteiger partial charge is 0.478 e. The molecular formula is C17H10N2O6S. The van der Waals surface area contributed by atoms with E-state index in [1.807, 2.05) is 0 Å². The van der Waals surface area contributed by atoms with E-state index in [0.717, 1.165) is 4.90 Å². The molecule has 9 heteroatoms. The molecule has 2 aliphatic heterocycles. The van der Waals surface area contributed by atoms with Gasteiger partial charge in [-0.1, -0.05) is 11.2 Å². The highest BCUT2D eigenvalue weighted by Crippen LogP contribution is 2.34. The predicted octanol–water partition coefficient (Wildman–Crippen LogP) is 1.57. The Bertz CT molecular complexity index is 964. The number of amides is 2. The second-order valence-corrected chi connectivity index (χ2v) is 6.60. The normalized spacial score (nSPS) is 21.4. The number of carboxylic acid groups (broad SMARTS) is 1. The van der Waals surface area contributed by atoms with Gasteiger partial charge < -0.3 is 9.94 Å². The molecule has 0 radical (unpaired) electrons. The van der Waals surface area contributed by atoms with Crippen LogP contribution in [0.4, 0.5) is 5.69 Å². The van der Waals surface area contributed by atoms with Gasteiger partial charge in [0.2, 0.25) is 17.8 Å². The molecule has 2 amide bonds. The van der Waals surface area contributed by atoms with Gasteiger partial charge in [0, 0.05) is 0 Å². The molecule has 0 unspecified atom stereocenters. The number of ketones is 1. The maximum Gasteiger partial charge on any atom is 0.335 e. The minimum atomic E-state index is -1.18. The van der Waals surface area contributed by atoms with Gasteiger partial charge >= 0.3 is 5.97 Å². The standard InChI is InChI=1S/C17H10N2O6S/c20-13(10-2-1-7-26-10)12-11-14(25-18-12)16(22)19(15(11)21)9-5-3-8(4-6-9)17(23)24/h1-7,11,14H,(H,23,24)/t11-,14-/m0/s1. The monoisotopic (exact) mass is 370 g/mol. The molecule has 0 spiro atoms. The number of anilines is 1. The van der Waals surface area contributed by atoms with Crippen LogP contribution in [0.3, 0.4) is 0 Å². The Labute approximate surface area is 150 Å². The van der Waals surface area contributed by atoms with Crippen molar-refractivity contribution in [1.82, 2.24) is 0 Å². The molecule has 8 nitrogen and oxygen atoms in total. The first-order chi connectivity index (χ1) is 12.5. The van der Waals surface area contributed by atoms with Gasteiger partial charge in [-0.2, -0.15) is 0 Å². The van der Waals surface area contributed by atoms with Crippen LogP contribution in [0.2, 0.25) is 0 Å². The molecule has 1 N–H and O–H groups in total. The van der Waals surface area contributed by atoms with E-state index in [0.29, 0.717) is 4.88 Å². The summed E-state index contributed by atoms with van der Waals surface area (Å²) in [5.74, 6) is -3.93. The van der Waals surface area contributed by atoms with E-state index < -0.39 is 35.6 Å². The Kier molecular flexibility index (Phi) is 3.66. The first-order valence-electron chi connectivity index (χ1n) is 7.52. The lowest BCUT2D eigenvalue weighted by atomic mass is 9.96. The molecule has 4 rings (SSSR count). The molecule has 0 bridgehead atoms. The van der Waals surface area contributed by atoms with Gasteiger partial charge in [-0.25, -0.2) is 9.69 Å². The molecule has 3 heterocycles. The quantitative estimate of drug-likeness (QED) is 0.646. The van der Waals surface area contributed by atoms with Crippen molar-refractivity contribution in [3.63, 3.8) is 0 Å². The van der Waals surface area contributed by atoms with Crippen molar-refractivity contribution in [3.8, 4) is 0 Å². The lowest BCUT2D eigenvalue weighted by molar-refractivity contribution is -0.126. The van der Waals surface area contributed by atoms with Crippen molar-refractivity contribution in [2.45, 2.75) is 6.10 Å². The number of hydrogen-bond acceptors (Lipinski definition) is 7. The van der Waals surface area contributed by atoms with E-state index in [2.05, 4.69) is 5.16 Å². The zero-order valence-electron chi connectivity index (χ0n) is 13.0. The number of aromatic carboxylic acids is 1. The van der Waals surface area contributed by atoms with E-state index in [9.17, 15) is 19.2 Å². The van der Waals surface area contributed by atoms with E-state index >= 15 is 0 Å². The summed E-state index contributed by atoms with van der Waals surface area (Å²) in [6.45, 7) is 0. The molecule has 0 aliphatic carbocycles. The molecule has 1 aromatic carbocycles. The molecular weight excluding hydrogens is 360 g/mol. The van der Waals surface area contributed by atoms with Crippen LogP contribution in [0.15, 0.2) is 46.9 Å². The van der Waals surface area contributed by atoms with Crippen LogP contribution in [0, 0.1) is 5.92 Å². The second kappa shape index (κ2) is 5.88. The highest BCUT2D eigenvalue weighted by molar-refractivity contribution is 7.13. The Morgan fingerprint density at radius 3 is 2.46 bits per heavy atom. The molecule has 130 valence electrons. The van der Waals surface area contributed by atoms with Gasteiger partial charge in [0.25, 0.3) is 5.91 Å². The fourth-order valence-electron chi connectivity index (χ4n) is 2.91. The number of oxime groups is 1. The summed E-state index contributed by atoms with van der Waals surface area (Å²) in [5.41, 5.74) is 0.144. The third-order valence-corrected chi connectivity index (χ3v) is 5.03. The van der Waals surface area contributed by atoms with Gasteiger partial charge in [0.15, 0.2) is 0 Å². The SMILES string of the molecule is O=C(O)c1ccc(N2C(=O)[C@H]3C(C(=O)c4cccs4)=NO[C@@H]3C2=O)cc1. The number of nitrogens with zero attached hydrogens (tertiary/aromatic N) is 2. The summed E-state index contributed by atoms with van der Waals surface area (Å²) >= 11 is 1.20. The van der Waals surface area contributed by atoms with Crippen LogP contribution in [-0.2, 0) is 14.4 Å². The number of fused-ring (bicyclic) bond motifs is 1. The van der Waals surface area contributed by atoms with Crippen LogP contribution in [0.25, 0.3) is 0 Å². The van der Waals surface area contributed by atoms with Crippen LogP contribution in [0.5, 0.6) is 0 Å². The maximum atomic E-state index is 12.8. The fraction of sp³-hybridized carbons (Fsp3) is 0.118. The zero-order chi connectivity index (χ0) is 18.4. The van der Waals surface area contributed by atoms with Crippen molar-refractivity contribution < 1.29 is 29.1 Å². The summed E-state index contributed by atoms with van der Waals surface area (Å²) in [7, 11) is 0. The summed E-state index contributed by atoms with van der Waals surface area (Å²) in [5, 5.41) is 14.3. The molecule has 1 aromatic heterocycles. The topological polar surface area (TPSA) is 113 Å². The molecule has 26 heavy (non-hydrogen) atoms. The number of benzene rings is 1. The molecule has 2 aromatic rings. The number of hydrogen-bond donors (Lipinski definition) is 1. The van der Waals surface area contributed by atoms with Gasteiger partial charge in [0.05, 0.1) is 16.1 Å².